The molecule has 1 unspecified atom stereocenters. The van der Waals surface area contributed by atoms with Gasteiger partial charge in [0.2, 0.25) is 5.38 Å². The molecule has 0 aromatic carbocycles. The molecule has 3 nitrogen and oxygen atoms in total. The number of carbonyl (C=O) groups is 1. The molecule has 0 aliphatic heterocycles. The van der Waals surface area contributed by atoms with Gasteiger partial charge in [-0.3, -0.25) is 4.79 Å². The lowest BCUT2D eigenvalue weighted by molar-refractivity contribution is -0.225. The monoisotopic (exact) mass is 188 g/mol. The van der Waals surface area contributed by atoms with Crippen LogP contribution in [-0.4, -0.2) is 31.7 Å². The van der Waals surface area contributed by atoms with Crippen molar-refractivity contribution in [1.82, 2.24) is 0 Å². The zero-order valence-corrected chi connectivity index (χ0v) is 6.69. The minimum atomic E-state index is -3.69. The van der Waals surface area contributed by atoms with E-state index in [1.165, 1.54) is 0 Å². The number of rotatable bonds is 3. The second kappa shape index (κ2) is 3.82. The van der Waals surface area contributed by atoms with Gasteiger partial charge in [-0.1, -0.05) is 0 Å². The Balaban J connectivity index is 4.22. The second-order valence-corrected chi connectivity index (χ2v) is 2.09. The Kier molecular flexibility index (Phi) is 3.68. The first-order chi connectivity index (χ1) is 4.95. The molecule has 0 rings (SSSR count). The van der Waals surface area contributed by atoms with Crippen LogP contribution < -0.4 is 0 Å². The summed E-state index contributed by atoms with van der Waals surface area (Å²) in [5.41, 5.74) is 0. The molecule has 0 saturated heterocycles. The first-order valence-corrected chi connectivity index (χ1v) is 3.04. The fourth-order valence-electron chi connectivity index (χ4n) is 0.344. The van der Waals surface area contributed by atoms with Crippen molar-refractivity contribution in [2.24, 2.45) is 0 Å². The van der Waals surface area contributed by atoms with Crippen LogP contribution in [0.25, 0.3) is 0 Å². The van der Waals surface area contributed by atoms with Crippen molar-refractivity contribution in [2.75, 3.05) is 14.2 Å². The lowest BCUT2D eigenvalue weighted by Gasteiger charge is -2.17. The molecule has 0 aromatic heterocycles. The lowest BCUT2D eigenvalue weighted by Crippen LogP contribution is -2.37. The van der Waals surface area contributed by atoms with Gasteiger partial charge in [-0.15, -0.1) is 11.6 Å². The highest BCUT2D eigenvalue weighted by atomic mass is 35.5. The van der Waals surface area contributed by atoms with Crippen LogP contribution in [0.5, 0.6) is 0 Å². The summed E-state index contributed by atoms with van der Waals surface area (Å²) in [6, 6.07) is 0. The van der Waals surface area contributed by atoms with Gasteiger partial charge in [-0.05, 0) is 0 Å². The van der Waals surface area contributed by atoms with E-state index < -0.39 is 17.5 Å². The zero-order valence-electron chi connectivity index (χ0n) is 5.94. The first kappa shape index (κ1) is 10.6. The third-order valence-corrected chi connectivity index (χ3v) is 1.41. The molecule has 1 atom stereocenters. The zero-order chi connectivity index (χ0) is 9.07. The number of alkyl halides is 3. The molecule has 0 radical (unpaired) electrons. The summed E-state index contributed by atoms with van der Waals surface area (Å²) >= 11 is 4.97. The predicted octanol–water partition coefficient (Wildman–Crippen LogP) is 1.01. The normalized spacial score (nSPS) is 14.3. The molecule has 0 saturated carbocycles. The topological polar surface area (TPSA) is 35.5 Å². The minimum absolute atomic E-state index is 0.748. The third-order valence-electron chi connectivity index (χ3n) is 0.975. The van der Waals surface area contributed by atoms with Crippen molar-refractivity contribution in [3.63, 3.8) is 0 Å². The summed E-state index contributed by atoms with van der Waals surface area (Å²) in [5.74, 6) is -1.22. The van der Waals surface area contributed by atoms with Gasteiger partial charge >= 0.3 is 12.1 Å². The summed E-state index contributed by atoms with van der Waals surface area (Å²) in [7, 11) is 1.71. The van der Waals surface area contributed by atoms with Crippen LogP contribution in [-0.2, 0) is 14.3 Å². The Hall–Kier alpha value is -0.420. The summed E-state index contributed by atoms with van der Waals surface area (Å²) in [4.78, 5) is 10.4. The van der Waals surface area contributed by atoms with Crippen molar-refractivity contribution in [3.8, 4) is 0 Å². The maximum atomic E-state index is 12.3. The van der Waals surface area contributed by atoms with Gasteiger partial charge in [0.15, 0.2) is 0 Å². The molecule has 0 bridgehead atoms. The van der Waals surface area contributed by atoms with Crippen LogP contribution in [0, 0.1) is 0 Å². The van der Waals surface area contributed by atoms with E-state index in [0.717, 1.165) is 14.2 Å². The number of esters is 1. The maximum absolute atomic E-state index is 12.3. The Morgan fingerprint density at radius 3 is 2.27 bits per heavy atom. The SMILES string of the molecule is COC(=O)C(Cl)C(F)(F)OC. The van der Waals surface area contributed by atoms with Gasteiger partial charge in [0.1, 0.15) is 0 Å². The van der Waals surface area contributed by atoms with E-state index in [-0.39, 0.29) is 0 Å². The van der Waals surface area contributed by atoms with E-state index in [9.17, 15) is 13.6 Å². The number of halogens is 3. The molecule has 0 aliphatic rings. The van der Waals surface area contributed by atoms with Gasteiger partial charge in [0.25, 0.3) is 0 Å². The molecule has 0 aromatic rings. The van der Waals surface area contributed by atoms with Crippen molar-refractivity contribution in [2.45, 2.75) is 11.5 Å². The van der Waals surface area contributed by atoms with Crippen LogP contribution in [0.2, 0.25) is 0 Å². The third kappa shape index (κ3) is 2.59. The summed E-state index contributed by atoms with van der Waals surface area (Å²) < 4.78 is 32.3. The molecule has 0 aliphatic carbocycles. The van der Waals surface area contributed by atoms with Crippen molar-refractivity contribution in [3.05, 3.63) is 0 Å². The molecular formula is C5H7ClF2O3. The molecule has 0 heterocycles. The summed E-state index contributed by atoms with van der Waals surface area (Å²) in [5, 5.41) is -2.10. The second-order valence-electron chi connectivity index (χ2n) is 1.65. The number of methoxy groups -OCH3 is 2. The highest BCUT2D eigenvalue weighted by Gasteiger charge is 2.44. The molecule has 6 heteroatoms. The molecule has 0 amide bonds. The van der Waals surface area contributed by atoms with Crippen molar-refractivity contribution >= 4 is 17.6 Å². The average Bonchev–Trinajstić information content (AvgIpc) is 2.01. The van der Waals surface area contributed by atoms with Gasteiger partial charge in [-0.25, -0.2) is 0 Å². The summed E-state index contributed by atoms with van der Waals surface area (Å²) in [6.45, 7) is 0. The minimum Gasteiger partial charge on any atom is -0.468 e. The number of hydrogen-bond donors (Lipinski definition) is 0. The Labute approximate surface area is 67.2 Å². The summed E-state index contributed by atoms with van der Waals surface area (Å²) in [6.07, 6.45) is -3.69. The number of ether oxygens (including phenoxy) is 2. The quantitative estimate of drug-likeness (QED) is 0.490. The highest BCUT2D eigenvalue weighted by Crippen LogP contribution is 2.24. The van der Waals surface area contributed by atoms with Gasteiger partial charge in [0, 0.05) is 7.11 Å². The highest BCUT2D eigenvalue weighted by molar-refractivity contribution is 6.30. The van der Waals surface area contributed by atoms with E-state index in [2.05, 4.69) is 9.47 Å². The standard InChI is InChI=1S/C5H7ClF2O3/c1-10-4(9)3(6)5(7,8)11-2/h3H,1-2H3. The molecule has 0 fully saturated rings. The van der Waals surface area contributed by atoms with Crippen molar-refractivity contribution < 1.29 is 23.0 Å². The number of hydrogen-bond acceptors (Lipinski definition) is 3. The van der Waals surface area contributed by atoms with Crippen LogP contribution >= 0.6 is 11.6 Å². The smallest absolute Gasteiger partial charge is 0.382 e. The van der Waals surface area contributed by atoms with E-state index in [1.807, 2.05) is 0 Å². The fraction of sp³-hybridized carbons (Fsp3) is 0.800. The predicted molar refractivity (Wildman–Crippen MR) is 33.6 cm³/mol. The lowest BCUT2D eigenvalue weighted by atomic mass is 10.4. The van der Waals surface area contributed by atoms with E-state index in [4.69, 9.17) is 11.6 Å². The maximum Gasteiger partial charge on any atom is 0.382 e. The van der Waals surface area contributed by atoms with Gasteiger partial charge in [-0.2, -0.15) is 8.78 Å². The van der Waals surface area contributed by atoms with Gasteiger partial charge in [0.05, 0.1) is 7.11 Å². The van der Waals surface area contributed by atoms with E-state index in [0.29, 0.717) is 0 Å². The number of carbonyl (C=O) groups excluding carboxylic acids is 1. The Bertz CT molecular complexity index is 151. The fourth-order valence-corrected chi connectivity index (χ4v) is 0.522. The first-order valence-electron chi connectivity index (χ1n) is 2.60. The molecule has 0 spiro atoms. The Morgan fingerprint density at radius 2 is 2.00 bits per heavy atom. The van der Waals surface area contributed by atoms with E-state index >= 15 is 0 Å². The molecular weight excluding hydrogens is 182 g/mol. The van der Waals surface area contributed by atoms with Crippen LogP contribution in [0.4, 0.5) is 8.78 Å². The van der Waals surface area contributed by atoms with Crippen molar-refractivity contribution in [1.29, 1.82) is 0 Å². The van der Waals surface area contributed by atoms with Gasteiger partial charge < -0.3 is 9.47 Å². The largest absolute Gasteiger partial charge is 0.468 e. The van der Waals surface area contributed by atoms with Crippen LogP contribution in [0.15, 0.2) is 0 Å². The molecule has 0 N–H and O–H groups in total. The van der Waals surface area contributed by atoms with E-state index in [1.54, 1.807) is 0 Å². The Morgan fingerprint density at radius 1 is 1.55 bits per heavy atom. The molecule has 11 heavy (non-hydrogen) atoms. The van der Waals surface area contributed by atoms with Crippen LogP contribution in [0.1, 0.15) is 0 Å². The molecule has 66 valence electrons. The average molecular weight is 189 g/mol. The van der Waals surface area contributed by atoms with Crippen LogP contribution in [0.3, 0.4) is 0 Å².